The van der Waals surface area contributed by atoms with E-state index in [1.54, 1.807) is 38.1 Å². The standard InChI is InChI=1S/C16H14N2O5S/c1-9-6-13(17-15(19)12-4-3-5-21-12)24-14(9)16(20)22-8-11-7-10(2)18-23-11/h3-7H,8H2,1-2H3,(H,17,19). The number of aromatic nitrogens is 1. The summed E-state index contributed by atoms with van der Waals surface area (Å²) < 4.78 is 15.2. The minimum atomic E-state index is -0.481. The lowest BCUT2D eigenvalue weighted by molar-refractivity contribution is 0.0442. The van der Waals surface area contributed by atoms with E-state index in [1.165, 1.54) is 6.26 Å². The van der Waals surface area contributed by atoms with Crippen molar-refractivity contribution in [2.24, 2.45) is 0 Å². The quantitative estimate of drug-likeness (QED) is 0.710. The van der Waals surface area contributed by atoms with Gasteiger partial charge in [0.2, 0.25) is 0 Å². The van der Waals surface area contributed by atoms with Crippen LogP contribution in [0.3, 0.4) is 0 Å². The first-order chi connectivity index (χ1) is 11.5. The molecule has 1 amide bonds. The molecule has 7 nitrogen and oxygen atoms in total. The number of rotatable bonds is 5. The first-order valence-electron chi connectivity index (χ1n) is 7.07. The number of nitrogens with one attached hydrogen (secondary N) is 1. The van der Waals surface area contributed by atoms with E-state index in [2.05, 4.69) is 10.5 Å². The van der Waals surface area contributed by atoms with Gasteiger partial charge in [-0.2, -0.15) is 0 Å². The fourth-order valence-corrected chi connectivity index (χ4v) is 2.98. The second kappa shape index (κ2) is 6.71. The third-order valence-electron chi connectivity index (χ3n) is 3.11. The molecule has 0 spiro atoms. The lowest BCUT2D eigenvalue weighted by Crippen LogP contribution is -2.09. The van der Waals surface area contributed by atoms with E-state index in [4.69, 9.17) is 13.7 Å². The fourth-order valence-electron chi connectivity index (χ4n) is 2.01. The molecule has 3 aromatic heterocycles. The van der Waals surface area contributed by atoms with Crippen LogP contribution in [0.15, 0.2) is 39.5 Å². The van der Waals surface area contributed by atoms with Gasteiger partial charge in [0.05, 0.1) is 17.0 Å². The third kappa shape index (κ3) is 3.54. The second-order valence-corrected chi connectivity index (χ2v) is 6.12. The molecule has 0 atom stereocenters. The summed E-state index contributed by atoms with van der Waals surface area (Å²) in [5.74, 6) is -0.185. The number of amides is 1. The van der Waals surface area contributed by atoms with Crippen molar-refractivity contribution in [1.29, 1.82) is 0 Å². The Morgan fingerprint density at radius 2 is 2.17 bits per heavy atom. The molecule has 0 saturated carbocycles. The minimum Gasteiger partial charge on any atom is -0.459 e. The molecule has 8 heteroatoms. The van der Waals surface area contributed by atoms with Gasteiger partial charge in [-0.1, -0.05) is 5.16 Å². The zero-order valence-electron chi connectivity index (χ0n) is 13.0. The Morgan fingerprint density at radius 1 is 1.33 bits per heavy atom. The first kappa shape index (κ1) is 16.0. The molecule has 3 heterocycles. The fraction of sp³-hybridized carbons (Fsp3) is 0.188. The molecule has 0 fully saturated rings. The molecular weight excluding hydrogens is 332 g/mol. The van der Waals surface area contributed by atoms with Gasteiger partial charge in [0, 0.05) is 6.07 Å². The summed E-state index contributed by atoms with van der Waals surface area (Å²) in [6.07, 6.45) is 1.42. The van der Waals surface area contributed by atoms with Crippen molar-refractivity contribution in [3.05, 3.63) is 58.2 Å². The van der Waals surface area contributed by atoms with Crippen molar-refractivity contribution >= 4 is 28.2 Å². The lowest BCUT2D eigenvalue weighted by Gasteiger charge is -2.01. The Kier molecular flexibility index (Phi) is 4.48. The van der Waals surface area contributed by atoms with E-state index in [1.807, 2.05) is 0 Å². The van der Waals surface area contributed by atoms with Crippen molar-refractivity contribution in [2.75, 3.05) is 5.32 Å². The summed E-state index contributed by atoms with van der Waals surface area (Å²) in [7, 11) is 0. The Bertz CT molecular complexity index is 863. The minimum absolute atomic E-state index is 0.00506. The van der Waals surface area contributed by atoms with E-state index in [0.29, 0.717) is 21.2 Å². The summed E-state index contributed by atoms with van der Waals surface area (Å²) in [5.41, 5.74) is 1.43. The Morgan fingerprint density at radius 3 is 2.83 bits per heavy atom. The molecule has 0 aliphatic heterocycles. The lowest BCUT2D eigenvalue weighted by atomic mass is 10.3. The summed E-state index contributed by atoms with van der Waals surface area (Å²) >= 11 is 1.14. The monoisotopic (exact) mass is 346 g/mol. The van der Waals surface area contributed by atoms with Gasteiger partial charge >= 0.3 is 5.97 Å². The number of esters is 1. The number of thiophene rings is 1. The molecule has 24 heavy (non-hydrogen) atoms. The maximum atomic E-state index is 12.2. The zero-order chi connectivity index (χ0) is 17.1. The Hall–Kier alpha value is -2.87. The van der Waals surface area contributed by atoms with E-state index < -0.39 is 5.97 Å². The highest BCUT2D eigenvalue weighted by atomic mass is 32.1. The molecule has 0 bridgehead atoms. The van der Waals surface area contributed by atoms with Crippen LogP contribution in [0.4, 0.5) is 5.00 Å². The molecule has 1 N–H and O–H groups in total. The second-order valence-electron chi connectivity index (χ2n) is 5.06. The van der Waals surface area contributed by atoms with Crippen LogP contribution in [0.1, 0.15) is 37.2 Å². The van der Waals surface area contributed by atoms with Crippen LogP contribution in [-0.2, 0) is 11.3 Å². The number of ether oxygens (including phenoxy) is 1. The van der Waals surface area contributed by atoms with Gasteiger partial charge in [0.1, 0.15) is 4.88 Å². The Balaban J connectivity index is 1.64. The number of anilines is 1. The zero-order valence-corrected chi connectivity index (χ0v) is 13.8. The smallest absolute Gasteiger partial charge is 0.349 e. The van der Waals surface area contributed by atoms with Crippen molar-refractivity contribution < 1.29 is 23.3 Å². The third-order valence-corrected chi connectivity index (χ3v) is 4.24. The van der Waals surface area contributed by atoms with Gasteiger partial charge in [-0.05, 0) is 37.6 Å². The van der Waals surface area contributed by atoms with Gasteiger partial charge in [0.25, 0.3) is 5.91 Å². The van der Waals surface area contributed by atoms with Gasteiger partial charge < -0.3 is 19.0 Å². The van der Waals surface area contributed by atoms with Crippen molar-refractivity contribution in [3.8, 4) is 0 Å². The van der Waals surface area contributed by atoms with Gasteiger partial charge in [0.15, 0.2) is 18.1 Å². The number of aryl methyl sites for hydroxylation is 2. The van der Waals surface area contributed by atoms with Crippen LogP contribution >= 0.6 is 11.3 Å². The molecule has 0 unspecified atom stereocenters. The largest absolute Gasteiger partial charge is 0.459 e. The number of carbonyl (C=O) groups is 2. The predicted molar refractivity (Wildman–Crippen MR) is 86.1 cm³/mol. The van der Waals surface area contributed by atoms with Gasteiger partial charge in [-0.25, -0.2) is 4.79 Å². The van der Waals surface area contributed by atoms with Crippen LogP contribution in [0.25, 0.3) is 0 Å². The van der Waals surface area contributed by atoms with Gasteiger partial charge in [-0.15, -0.1) is 11.3 Å². The number of carbonyl (C=O) groups excluding carboxylic acids is 2. The molecular formula is C16H14N2O5S. The van der Waals surface area contributed by atoms with Crippen LogP contribution in [0, 0.1) is 13.8 Å². The molecule has 0 aromatic carbocycles. The Labute approximate surface area is 141 Å². The molecule has 0 aliphatic carbocycles. The molecule has 0 radical (unpaired) electrons. The van der Waals surface area contributed by atoms with Crippen LogP contribution < -0.4 is 5.32 Å². The molecule has 0 aliphatic rings. The average molecular weight is 346 g/mol. The normalized spacial score (nSPS) is 10.6. The topological polar surface area (TPSA) is 94.6 Å². The summed E-state index contributed by atoms with van der Waals surface area (Å²) in [5, 5.41) is 6.95. The molecule has 3 aromatic rings. The van der Waals surface area contributed by atoms with Crippen molar-refractivity contribution in [2.45, 2.75) is 20.5 Å². The molecule has 124 valence electrons. The highest BCUT2D eigenvalue weighted by molar-refractivity contribution is 7.18. The number of hydrogen-bond acceptors (Lipinski definition) is 7. The van der Waals surface area contributed by atoms with Crippen molar-refractivity contribution in [1.82, 2.24) is 5.16 Å². The van der Waals surface area contributed by atoms with E-state index in [9.17, 15) is 9.59 Å². The number of nitrogens with zero attached hydrogens (tertiary/aromatic N) is 1. The summed E-state index contributed by atoms with van der Waals surface area (Å²) in [4.78, 5) is 24.5. The molecule has 0 saturated heterocycles. The number of hydrogen-bond donors (Lipinski definition) is 1. The van der Waals surface area contributed by atoms with E-state index in [-0.39, 0.29) is 18.3 Å². The van der Waals surface area contributed by atoms with Crippen LogP contribution in [0.5, 0.6) is 0 Å². The summed E-state index contributed by atoms with van der Waals surface area (Å²) in [6, 6.07) is 6.59. The van der Waals surface area contributed by atoms with Gasteiger partial charge in [-0.3, -0.25) is 4.79 Å². The van der Waals surface area contributed by atoms with E-state index >= 15 is 0 Å². The van der Waals surface area contributed by atoms with Crippen LogP contribution in [0.2, 0.25) is 0 Å². The maximum Gasteiger partial charge on any atom is 0.349 e. The van der Waals surface area contributed by atoms with E-state index in [0.717, 1.165) is 17.0 Å². The first-order valence-corrected chi connectivity index (χ1v) is 7.89. The maximum absolute atomic E-state index is 12.2. The molecule has 3 rings (SSSR count). The highest BCUT2D eigenvalue weighted by Gasteiger charge is 2.18. The summed E-state index contributed by atoms with van der Waals surface area (Å²) in [6.45, 7) is 3.56. The van der Waals surface area contributed by atoms with Crippen LogP contribution in [-0.4, -0.2) is 17.0 Å². The number of furan rings is 1. The predicted octanol–water partition coefficient (Wildman–Crippen LogP) is 3.56. The highest BCUT2D eigenvalue weighted by Crippen LogP contribution is 2.28. The SMILES string of the molecule is Cc1cc(COC(=O)c2sc(NC(=O)c3ccco3)cc2C)on1. The average Bonchev–Trinajstić information content (AvgIpc) is 3.26. The van der Waals surface area contributed by atoms with Crippen molar-refractivity contribution in [3.63, 3.8) is 0 Å².